The summed E-state index contributed by atoms with van der Waals surface area (Å²) >= 11 is 0. The molecule has 30 heavy (non-hydrogen) atoms. The smallest absolute Gasteiger partial charge is 0.255 e. The minimum absolute atomic E-state index is 0.0889. The summed E-state index contributed by atoms with van der Waals surface area (Å²) in [7, 11) is 0. The molecule has 0 bridgehead atoms. The van der Waals surface area contributed by atoms with Crippen molar-refractivity contribution >= 4 is 17.7 Å². The number of rotatable bonds is 4. The van der Waals surface area contributed by atoms with Crippen molar-refractivity contribution in [3.63, 3.8) is 0 Å². The second kappa shape index (κ2) is 7.46. The van der Waals surface area contributed by atoms with Crippen molar-refractivity contribution in [1.82, 2.24) is 15.1 Å². The lowest BCUT2D eigenvalue weighted by Crippen LogP contribution is -2.55. The first kappa shape index (κ1) is 19.7. The van der Waals surface area contributed by atoms with Crippen LogP contribution in [0.4, 0.5) is 0 Å². The highest BCUT2D eigenvalue weighted by Gasteiger charge is 2.42. The van der Waals surface area contributed by atoms with E-state index in [0.717, 1.165) is 43.6 Å². The lowest BCUT2D eigenvalue weighted by molar-refractivity contribution is -0.136. The topological polar surface area (TPSA) is 95.7 Å². The van der Waals surface area contributed by atoms with Crippen LogP contribution < -0.4 is 11.1 Å². The van der Waals surface area contributed by atoms with Crippen molar-refractivity contribution in [2.45, 2.75) is 69.6 Å². The molecule has 3 heterocycles. The Kier molecular flexibility index (Phi) is 4.90. The third-order valence-electron chi connectivity index (χ3n) is 7.68. The fourth-order valence-electron chi connectivity index (χ4n) is 5.62. The SMILES string of the molecule is NC1(C2CCN(Cc3ccc4c(c3)C(=O)N(C3CCC(=O)NC3=O)C4)CC2)CCC1. The van der Waals surface area contributed by atoms with Crippen LogP contribution in [0.3, 0.4) is 0 Å². The summed E-state index contributed by atoms with van der Waals surface area (Å²) in [4.78, 5) is 40.7. The van der Waals surface area contributed by atoms with E-state index in [2.05, 4.69) is 16.3 Å². The number of benzene rings is 1. The quantitative estimate of drug-likeness (QED) is 0.734. The van der Waals surface area contributed by atoms with E-state index < -0.39 is 6.04 Å². The zero-order valence-corrected chi connectivity index (χ0v) is 17.4. The molecule has 0 aromatic heterocycles. The highest BCUT2D eigenvalue weighted by atomic mass is 16.2. The molecule has 1 aliphatic carbocycles. The Hall–Kier alpha value is -2.25. The predicted molar refractivity (Wildman–Crippen MR) is 111 cm³/mol. The van der Waals surface area contributed by atoms with Gasteiger partial charge in [0.25, 0.3) is 5.91 Å². The van der Waals surface area contributed by atoms with Gasteiger partial charge in [0.15, 0.2) is 0 Å². The molecule has 7 nitrogen and oxygen atoms in total. The van der Waals surface area contributed by atoms with Crippen LogP contribution in [0.5, 0.6) is 0 Å². The number of nitrogens with one attached hydrogen (secondary N) is 1. The summed E-state index contributed by atoms with van der Waals surface area (Å²) in [5.74, 6) is -0.0785. The average molecular weight is 411 g/mol. The monoisotopic (exact) mass is 410 g/mol. The number of amides is 3. The van der Waals surface area contributed by atoms with Crippen LogP contribution in [-0.2, 0) is 22.7 Å². The summed E-state index contributed by atoms with van der Waals surface area (Å²) in [6.45, 7) is 3.38. The van der Waals surface area contributed by atoms with Crippen molar-refractivity contribution in [2.24, 2.45) is 11.7 Å². The predicted octanol–water partition coefficient (Wildman–Crippen LogP) is 1.54. The molecule has 3 N–H and O–H groups in total. The van der Waals surface area contributed by atoms with Crippen molar-refractivity contribution < 1.29 is 14.4 Å². The number of nitrogens with zero attached hydrogens (tertiary/aromatic N) is 2. The Balaban J connectivity index is 1.22. The van der Waals surface area contributed by atoms with Gasteiger partial charge in [0.05, 0.1) is 0 Å². The van der Waals surface area contributed by atoms with E-state index in [1.807, 2.05) is 12.1 Å². The number of nitrogens with two attached hydrogens (primary N) is 1. The minimum atomic E-state index is -0.555. The zero-order chi connectivity index (χ0) is 20.9. The van der Waals surface area contributed by atoms with E-state index in [9.17, 15) is 14.4 Å². The van der Waals surface area contributed by atoms with Gasteiger partial charge < -0.3 is 10.6 Å². The Labute approximate surface area is 177 Å². The summed E-state index contributed by atoms with van der Waals surface area (Å²) in [6, 6.07) is 5.55. The van der Waals surface area contributed by atoms with Crippen LogP contribution in [0.25, 0.3) is 0 Å². The maximum absolute atomic E-state index is 13.0. The molecule has 5 rings (SSSR count). The number of fused-ring (bicyclic) bond motifs is 1. The molecule has 4 aliphatic rings. The highest BCUT2D eigenvalue weighted by Crippen LogP contribution is 2.41. The zero-order valence-electron chi connectivity index (χ0n) is 17.4. The van der Waals surface area contributed by atoms with Gasteiger partial charge in [-0.25, -0.2) is 0 Å². The molecule has 1 atom stereocenters. The molecular weight excluding hydrogens is 380 g/mol. The molecule has 3 aliphatic heterocycles. The molecule has 1 aromatic carbocycles. The third-order valence-corrected chi connectivity index (χ3v) is 7.68. The van der Waals surface area contributed by atoms with Crippen LogP contribution in [0, 0.1) is 5.92 Å². The van der Waals surface area contributed by atoms with Crippen molar-refractivity contribution in [2.75, 3.05) is 13.1 Å². The average Bonchev–Trinajstić information content (AvgIpc) is 3.03. The second-order valence-electron chi connectivity index (χ2n) is 9.53. The van der Waals surface area contributed by atoms with E-state index in [4.69, 9.17) is 5.73 Å². The second-order valence-corrected chi connectivity index (χ2v) is 9.53. The van der Waals surface area contributed by atoms with E-state index in [-0.39, 0.29) is 29.7 Å². The molecule has 1 saturated carbocycles. The molecule has 0 radical (unpaired) electrons. The molecule has 3 amide bonds. The van der Waals surface area contributed by atoms with Gasteiger partial charge in [-0.05, 0) is 74.7 Å². The summed E-state index contributed by atoms with van der Waals surface area (Å²) in [5.41, 5.74) is 9.42. The van der Waals surface area contributed by atoms with Crippen LogP contribution in [0.15, 0.2) is 18.2 Å². The summed E-state index contributed by atoms with van der Waals surface area (Å²) in [6.07, 6.45) is 6.61. The molecule has 0 spiro atoms. The molecule has 1 unspecified atom stereocenters. The van der Waals surface area contributed by atoms with Gasteiger partial charge in [0.1, 0.15) is 6.04 Å². The van der Waals surface area contributed by atoms with Gasteiger partial charge in [-0.2, -0.15) is 0 Å². The number of carbonyl (C=O) groups excluding carboxylic acids is 3. The fraction of sp³-hybridized carbons (Fsp3) is 0.609. The van der Waals surface area contributed by atoms with Crippen molar-refractivity contribution in [3.8, 4) is 0 Å². The van der Waals surface area contributed by atoms with Crippen LogP contribution in [0.1, 0.15) is 66.4 Å². The molecule has 1 aromatic rings. The van der Waals surface area contributed by atoms with Gasteiger partial charge >= 0.3 is 0 Å². The largest absolute Gasteiger partial charge is 0.325 e. The summed E-state index contributed by atoms with van der Waals surface area (Å²) in [5, 5.41) is 2.35. The molecule has 2 saturated heterocycles. The molecule has 160 valence electrons. The van der Waals surface area contributed by atoms with E-state index in [1.54, 1.807) is 4.90 Å². The first-order chi connectivity index (χ1) is 14.4. The lowest BCUT2D eigenvalue weighted by atomic mass is 9.66. The maximum Gasteiger partial charge on any atom is 0.255 e. The summed E-state index contributed by atoms with van der Waals surface area (Å²) < 4.78 is 0. The molecule has 3 fully saturated rings. The number of piperidine rings is 2. The number of likely N-dealkylation sites (tertiary alicyclic amines) is 1. The fourth-order valence-corrected chi connectivity index (χ4v) is 5.62. The van der Waals surface area contributed by atoms with Crippen LogP contribution >= 0.6 is 0 Å². The Bertz CT molecular complexity index is 886. The van der Waals surface area contributed by atoms with Gasteiger partial charge in [0, 0.05) is 30.6 Å². The Morgan fingerprint density at radius 1 is 1.10 bits per heavy atom. The number of hydrogen-bond acceptors (Lipinski definition) is 5. The first-order valence-electron chi connectivity index (χ1n) is 11.2. The maximum atomic E-state index is 13.0. The van der Waals surface area contributed by atoms with Gasteiger partial charge in [-0.1, -0.05) is 12.1 Å². The standard InChI is InChI=1S/C23H30N4O3/c24-23(8-1-9-23)17-6-10-26(11-7-17)13-15-2-3-16-14-27(22(30)18(16)12-15)19-4-5-20(28)25-21(19)29/h2-3,12,17,19H,1,4-11,13-14,24H2,(H,25,28,29). The normalized spacial score (nSPS) is 27.0. The van der Waals surface area contributed by atoms with E-state index >= 15 is 0 Å². The van der Waals surface area contributed by atoms with Crippen molar-refractivity contribution in [3.05, 3.63) is 34.9 Å². The third kappa shape index (κ3) is 3.44. The Morgan fingerprint density at radius 2 is 1.87 bits per heavy atom. The van der Waals surface area contributed by atoms with Gasteiger partial charge in [0.2, 0.25) is 11.8 Å². The van der Waals surface area contributed by atoms with Crippen molar-refractivity contribution in [1.29, 1.82) is 0 Å². The van der Waals surface area contributed by atoms with Gasteiger partial charge in [-0.3, -0.25) is 24.6 Å². The molecular formula is C23H30N4O3. The number of carbonyl (C=O) groups is 3. The van der Waals surface area contributed by atoms with E-state index in [0.29, 0.717) is 24.4 Å². The molecule has 7 heteroatoms. The number of imide groups is 1. The lowest BCUT2D eigenvalue weighted by Gasteiger charge is -2.48. The minimum Gasteiger partial charge on any atom is -0.325 e. The van der Waals surface area contributed by atoms with Gasteiger partial charge in [-0.15, -0.1) is 0 Å². The van der Waals surface area contributed by atoms with E-state index in [1.165, 1.54) is 19.3 Å². The van der Waals surface area contributed by atoms with Crippen LogP contribution in [-0.4, -0.2) is 52.2 Å². The first-order valence-corrected chi connectivity index (χ1v) is 11.2. The van der Waals surface area contributed by atoms with Crippen LogP contribution in [0.2, 0.25) is 0 Å². The number of hydrogen-bond donors (Lipinski definition) is 2. The Morgan fingerprint density at radius 3 is 2.53 bits per heavy atom. The highest BCUT2D eigenvalue weighted by molar-refractivity contribution is 6.05.